The van der Waals surface area contributed by atoms with E-state index in [1.165, 1.54) is 22.6 Å². The Hall–Kier alpha value is -0.960. The molecule has 0 saturated carbocycles. The SMILES string of the molecule is CCCC(=O)Nc1ccc2c(c1)CCCS2. The van der Waals surface area contributed by atoms with Gasteiger partial charge in [-0.25, -0.2) is 0 Å². The number of rotatable bonds is 3. The monoisotopic (exact) mass is 235 g/mol. The number of fused-ring (bicyclic) bond motifs is 1. The predicted octanol–water partition coefficient (Wildman–Crippen LogP) is 3.46. The molecule has 0 spiro atoms. The van der Waals surface area contributed by atoms with Gasteiger partial charge < -0.3 is 5.32 Å². The zero-order valence-electron chi connectivity index (χ0n) is 9.58. The van der Waals surface area contributed by atoms with Crippen LogP contribution in [0.4, 0.5) is 5.69 Å². The second kappa shape index (κ2) is 5.39. The quantitative estimate of drug-likeness (QED) is 0.869. The molecule has 3 heteroatoms. The molecule has 0 aromatic heterocycles. The summed E-state index contributed by atoms with van der Waals surface area (Å²) in [5, 5.41) is 2.94. The fraction of sp³-hybridized carbons (Fsp3) is 0.462. The molecule has 0 bridgehead atoms. The Balaban J connectivity index is 2.08. The molecule has 16 heavy (non-hydrogen) atoms. The number of nitrogens with one attached hydrogen (secondary N) is 1. The van der Waals surface area contributed by atoms with Gasteiger partial charge in [0.05, 0.1) is 0 Å². The highest BCUT2D eigenvalue weighted by molar-refractivity contribution is 7.99. The smallest absolute Gasteiger partial charge is 0.224 e. The van der Waals surface area contributed by atoms with Crippen molar-refractivity contribution in [1.29, 1.82) is 0 Å². The van der Waals surface area contributed by atoms with E-state index in [0.717, 1.165) is 18.5 Å². The van der Waals surface area contributed by atoms with Crippen molar-refractivity contribution in [1.82, 2.24) is 0 Å². The number of thioether (sulfide) groups is 1. The first kappa shape index (κ1) is 11.5. The molecule has 2 rings (SSSR count). The van der Waals surface area contributed by atoms with Gasteiger partial charge in [0.1, 0.15) is 0 Å². The first-order chi connectivity index (χ1) is 7.79. The number of carbonyl (C=O) groups is 1. The maximum Gasteiger partial charge on any atom is 0.224 e. The van der Waals surface area contributed by atoms with Gasteiger partial charge in [-0.3, -0.25) is 4.79 Å². The van der Waals surface area contributed by atoms with Crippen LogP contribution in [0.3, 0.4) is 0 Å². The van der Waals surface area contributed by atoms with Gasteiger partial charge in [-0.2, -0.15) is 0 Å². The van der Waals surface area contributed by atoms with Crippen LogP contribution in [0, 0.1) is 0 Å². The first-order valence-corrected chi connectivity index (χ1v) is 6.83. The molecule has 1 aromatic carbocycles. The molecule has 1 heterocycles. The van der Waals surface area contributed by atoms with Crippen LogP contribution in [0.5, 0.6) is 0 Å². The summed E-state index contributed by atoms with van der Waals surface area (Å²) >= 11 is 1.91. The molecular weight excluding hydrogens is 218 g/mol. The average Bonchev–Trinajstić information content (AvgIpc) is 2.29. The van der Waals surface area contributed by atoms with Crippen molar-refractivity contribution >= 4 is 23.4 Å². The van der Waals surface area contributed by atoms with Gasteiger partial charge in [0.2, 0.25) is 5.91 Å². The van der Waals surface area contributed by atoms with Gasteiger partial charge in [-0.1, -0.05) is 6.92 Å². The lowest BCUT2D eigenvalue weighted by molar-refractivity contribution is -0.116. The number of benzene rings is 1. The standard InChI is InChI=1S/C13H17NOS/c1-2-4-13(15)14-11-6-7-12-10(9-11)5-3-8-16-12/h6-7,9H,2-5,8H2,1H3,(H,14,15). The maximum atomic E-state index is 11.5. The molecule has 1 aliphatic rings. The molecule has 86 valence electrons. The van der Waals surface area contributed by atoms with E-state index in [9.17, 15) is 4.79 Å². The van der Waals surface area contributed by atoms with E-state index in [2.05, 4.69) is 17.4 Å². The Morgan fingerprint density at radius 1 is 1.50 bits per heavy atom. The van der Waals surface area contributed by atoms with Gasteiger partial charge in [-0.05, 0) is 48.8 Å². The topological polar surface area (TPSA) is 29.1 Å². The molecule has 2 nitrogen and oxygen atoms in total. The van der Waals surface area contributed by atoms with Crippen LogP contribution >= 0.6 is 11.8 Å². The number of anilines is 1. The number of aryl methyl sites for hydroxylation is 1. The Bertz CT molecular complexity index is 390. The van der Waals surface area contributed by atoms with Crippen molar-refractivity contribution in [2.75, 3.05) is 11.1 Å². The molecule has 1 aromatic rings. The van der Waals surface area contributed by atoms with Gasteiger partial charge in [0.15, 0.2) is 0 Å². The molecule has 1 N–H and O–H groups in total. The van der Waals surface area contributed by atoms with Crippen LogP contribution in [0.1, 0.15) is 31.7 Å². The lowest BCUT2D eigenvalue weighted by Crippen LogP contribution is -2.11. The number of hydrogen-bond acceptors (Lipinski definition) is 2. The van der Waals surface area contributed by atoms with Crippen LogP contribution in [0.25, 0.3) is 0 Å². The second-order valence-electron chi connectivity index (χ2n) is 4.07. The van der Waals surface area contributed by atoms with Crippen molar-refractivity contribution in [3.63, 3.8) is 0 Å². The fourth-order valence-electron chi connectivity index (χ4n) is 1.89. The first-order valence-electron chi connectivity index (χ1n) is 5.85. The van der Waals surface area contributed by atoms with E-state index in [-0.39, 0.29) is 5.91 Å². The molecule has 0 aliphatic carbocycles. The summed E-state index contributed by atoms with van der Waals surface area (Å²) in [5.74, 6) is 1.33. The van der Waals surface area contributed by atoms with E-state index < -0.39 is 0 Å². The summed E-state index contributed by atoms with van der Waals surface area (Å²) in [4.78, 5) is 12.8. The van der Waals surface area contributed by atoms with Crippen molar-refractivity contribution in [3.05, 3.63) is 23.8 Å². The summed E-state index contributed by atoms with van der Waals surface area (Å²) < 4.78 is 0. The van der Waals surface area contributed by atoms with E-state index >= 15 is 0 Å². The van der Waals surface area contributed by atoms with E-state index in [1.54, 1.807) is 0 Å². The minimum absolute atomic E-state index is 0.117. The summed E-state index contributed by atoms with van der Waals surface area (Å²) in [7, 11) is 0. The lowest BCUT2D eigenvalue weighted by Gasteiger charge is -2.16. The minimum Gasteiger partial charge on any atom is -0.326 e. The number of amides is 1. The average molecular weight is 235 g/mol. The lowest BCUT2D eigenvalue weighted by atomic mass is 10.1. The van der Waals surface area contributed by atoms with E-state index in [0.29, 0.717) is 6.42 Å². The third-order valence-electron chi connectivity index (χ3n) is 2.67. The molecule has 0 fully saturated rings. The van der Waals surface area contributed by atoms with Crippen LogP contribution < -0.4 is 5.32 Å². The highest BCUT2D eigenvalue weighted by atomic mass is 32.2. The summed E-state index contributed by atoms with van der Waals surface area (Å²) in [6.45, 7) is 2.02. The van der Waals surface area contributed by atoms with Gasteiger partial charge in [-0.15, -0.1) is 11.8 Å². The Kier molecular flexibility index (Phi) is 3.88. The van der Waals surface area contributed by atoms with Crippen LogP contribution in [0.15, 0.2) is 23.1 Å². The summed E-state index contributed by atoms with van der Waals surface area (Å²) in [5.41, 5.74) is 2.32. The van der Waals surface area contributed by atoms with Crippen molar-refractivity contribution in [2.45, 2.75) is 37.5 Å². The molecule has 0 radical (unpaired) electrons. The molecule has 0 atom stereocenters. The van der Waals surface area contributed by atoms with Crippen molar-refractivity contribution < 1.29 is 4.79 Å². The van der Waals surface area contributed by atoms with E-state index in [4.69, 9.17) is 0 Å². The zero-order valence-corrected chi connectivity index (χ0v) is 10.4. The van der Waals surface area contributed by atoms with Crippen LogP contribution in [-0.4, -0.2) is 11.7 Å². The Morgan fingerprint density at radius 3 is 3.19 bits per heavy atom. The van der Waals surface area contributed by atoms with Gasteiger partial charge >= 0.3 is 0 Å². The highest BCUT2D eigenvalue weighted by Crippen LogP contribution is 2.31. The Labute approximate surface area is 101 Å². The van der Waals surface area contributed by atoms with Crippen LogP contribution in [-0.2, 0) is 11.2 Å². The summed E-state index contributed by atoms with van der Waals surface area (Å²) in [6.07, 6.45) is 3.88. The van der Waals surface area contributed by atoms with Crippen molar-refractivity contribution in [2.24, 2.45) is 0 Å². The summed E-state index contributed by atoms with van der Waals surface area (Å²) in [6, 6.07) is 6.25. The third-order valence-corrected chi connectivity index (χ3v) is 3.87. The second-order valence-corrected chi connectivity index (χ2v) is 5.21. The van der Waals surface area contributed by atoms with Gasteiger partial charge in [0.25, 0.3) is 0 Å². The highest BCUT2D eigenvalue weighted by Gasteiger charge is 2.10. The molecule has 1 aliphatic heterocycles. The zero-order chi connectivity index (χ0) is 11.4. The Morgan fingerprint density at radius 2 is 2.38 bits per heavy atom. The molecular formula is C13H17NOS. The van der Waals surface area contributed by atoms with Gasteiger partial charge in [0, 0.05) is 17.0 Å². The third kappa shape index (κ3) is 2.79. The molecule has 0 saturated heterocycles. The number of carbonyl (C=O) groups excluding carboxylic acids is 1. The number of hydrogen-bond donors (Lipinski definition) is 1. The van der Waals surface area contributed by atoms with Crippen molar-refractivity contribution in [3.8, 4) is 0 Å². The normalized spacial score (nSPS) is 14.3. The predicted molar refractivity (Wildman–Crippen MR) is 69.0 cm³/mol. The van der Waals surface area contributed by atoms with Crippen LogP contribution in [0.2, 0.25) is 0 Å². The minimum atomic E-state index is 0.117. The fourth-order valence-corrected chi connectivity index (χ4v) is 2.91. The maximum absolute atomic E-state index is 11.5. The largest absolute Gasteiger partial charge is 0.326 e. The molecule has 1 amide bonds. The molecule has 0 unspecified atom stereocenters. The van der Waals surface area contributed by atoms with E-state index in [1.807, 2.05) is 24.8 Å².